The van der Waals surface area contributed by atoms with Crippen LogP contribution in [-0.4, -0.2) is 49.8 Å². The van der Waals surface area contributed by atoms with Crippen LogP contribution in [0.25, 0.3) is 0 Å². The Hall–Kier alpha value is -1.75. The number of carbonyl (C=O) groups excluding carboxylic acids is 1. The lowest BCUT2D eigenvalue weighted by molar-refractivity contribution is -0.149. The number of benzene rings is 1. The second kappa shape index (κ2) is 7.01. The van der Waals surface area contributed by atoms with Crippen molar-refractivity contribution in [1.82, 2.24) is 4.90 Å². The van der Waals surface area contributed by atoms with Gasteiger partial charge in [-0.1, -0.05) is 12.1 Å². The van der Waals surface area contributed by atoms with Crippen LogP contribution < -0.4 is 9.47 Å². The molecule has 5 heteroatoms. The number of hydrogen-bond acceptors (Lipinski definition) is 5. The maximum absolute atomic E-state index is 11.7. The third-order valence-electron chi connectivity index (χ3n) is 4.24. The van der Waals surface area contributed by atoms with Crippen molar-refractivity contribution in [2.75, 3.05) is 32.8 Å². The number of esters is 1. The Bertz CT molecular complexity index is 511. The fraction of sp³-hybridized carbons (Fsp3) is 0.588. The molecule has 0 amide bonds. The molecule has 0 aliphatic carbocycles. The van der Waals surface area contributed by atoms with Crippen LogP contribution in [-0.2, 0) is 9.53 Å². The third kappa shape index (κ3) is 3.53. The van der Waals surface area contributed by atoms with Crippen LogP contribution in [0.2, 0.25) is 0 Å². The standard InChI is InChI=1S/C17H23NO4/c1-2-20-17(19)13-7-9-18(10-8-13)11-14-12-21-15-5-3-4-6-16(15)22-14/h3-6,13-14H,2,7-12H2,1H3. The van der Waals surface area contributed by atoms with Crippen LogP contribution in [0.15, 0.2) is 24.3 Å². The molecule has 120 valence electrons. The molecule has 2 aliphatic heterocycles. The van der Waals surface area contributed by atoms with Gasteiger partial charge in [0.1, 0.15) is 12.7 Å². The van der Waals surface area contributed by atoms with E-state index in [1.165, 1.54) is 0 Å². The molecule has 1 atom stereocenters. The molecular weight excluding hydrogens is 282 g/mol. The average Bonchev–Trinajstić information content (AvgIpc) is 2.56. The second-order valence-corrected chi connectivity index (χ2v) is 5.82. The van der Waals surface area contributed by atoms with Crippen LogP contribution in [0.4, 0.5) is 0 Å². The molecule has 0 aromatic heterocycles. The highest BCUT2D eigenvalue weighted by molar-refractivity contribution is 5.72. The molecule has 1 saturated heterocycles. The fourth-order valence-electron chi connectivity index (χ4n) is 3.05. The molecular formula is C17H23NO4. The summed E-state index contributed by atoms with van der Waals surface area (Å²) in [6.45, 7) is 5.55. The first-order valence-corrected chi connectivity index (χ1v) is 8.03. The molecule has 0 N–H and O–H groups in total. The normalized spacial score (nSPS) is 22.3. The Morgan fingerprint density at radius 2 is 2.00 bits per heavy atom. The highest BCUT2D eigenvalue weighted by Crippen LogP contribution is 2.31. The van der Waals surface area contributed by atoms with E-state index in [1.54, 1.807) is 0 Å². The van der Waals surface area contributed by atoms with E-state index in [0.29, 0.717) is 13.2 Å². The number of para-hydroxylation sites is 2. The summed E-state index contributed by atoms with van der Waals surface area (Å²) in [5.74, 6) is 1.65. The monoisotopic (exact) mass is 305 g/mol. The topological polar surface area (TPSA) is 48.0 Å². The third-order valence-corrected chi connectivity index (χ3v) is 4.24. The molecule has 1 fully saturated rings. The zero-order valence-corrected chi connectivity index (χ0v) is 13.0. The molecule has 5 nitrogen and oxygen atoms in total. The lowest BCUT2D eigenvalue weighted by atomic mass is 9.97. The van der Waals surface area contributed by atoms with Gasteiger partial charge in [-0.15, -0.1) is 0 Å². The van der Waals surface area contributed by atoms with Gasteiger partial charge in [-0.05, 0) is 45.0 Å². The summed E-state index contributed by atoms with van der Waals surface area (Å²) in [4.78, 5) is 14.1. The van der Waals surface area contributed by atoms with Gasteiger partial charge >= 0.3 is 5.97 Å². The van der Waals surface area contributed by atoms with Crippen molar-refractivity contribution in [2.24, 2.45) is 5.92 Å². The van der Waals surface area contributed by atoms with Crippen LogP contribution in [0.3, 0.4) is 0 Å². The summed E-state index contributed by atoms with van der Waals surface area (Å²) >= 11 is 0. The molecule has 0 radical (unpaired) electrons. The lowest BCUT2D eigenvalue weighted by Gasteiger charge is -2.35. The van der Waals surface area contributed by atoms with E-state index < -0.39 is 0 Å². The summed E-state index contributed by atoms with van der Waals surface area (Å²) in [5.41, 5.74) is 0. The first-order valence-electron chi connectivity index (χ1n) is 8.03. The Morgan fingerprint density at radius 3 is 2.73 bits per heavy atom. The number of ether oxygens (including phenoxy) is 3. The number of rotatable bonds is 4. The van der Waals surface area contributed by atoms with Gasteiger partial charge in [0.15, 0.2) is 11.5 Å². The predicted molar refractivity (Wildman–Crippen MR) is 82.2 cm³/mol. The number of nitrogens with zero attached hydrogens (tertiary/aromatic N) is 1. The minimum Gasteiger partial charge on any atom is -0.486 e. The molecule has 3 rings (SSSR count). The zero-order chi connectivity index (χ0) is 15.4. The first-order chi connectivity index (χ1) is 10.8. The predicted octanol–water partition coefficient (Wildman–Crippen LogP) is 2.10. The van der Waals surface area contributed by atoms with Gasteiger partial charge in [0.05, 0.1) is 12.5 Å². The van der Waals surface area contributed by atoms with Crippen LogP contribution >= 0.6 is 0 Å². The minimum atomic E-state index is -0.0478. The van der Waals surface area contributed by atoms with E-state index in [1.807, 2.05) is 31.2 Å². The van der Waals surface area contributed by atoms with Gasteiger partial charge in [-0.3, -0.25) is 9.69 Å². The van der Waals surface area contributed by atoms with Crippen molar-refractivity contribution < 1.29 is 19.0 Å². The van der Waals surface area contributed by atoms with Gasteiger partial charge in [0.25, 0.3) is 0 Å². The molecule has 1 aromatic carbocycles. The van der Waals surface area contributed by atoms with Crippen molar-refractivity contribution in [3.63, 3.8) is 0 Å². The van der Waals surface area contributed by atoms with Crippen LogP contribution in [0, 0.1) is 5.92 Å². The van der Waals surface area contributed by atoms with E-state index in [-0.39, 0.29) is 18.0 Å². The summed E-state index contributed by atoms with van der Waals surface area (Å²) in [7, 11) is 0. The van der Waals surface area contributed by atoms with Crippen LogP contribution in [0.5, 0.6) is 11.5 Å². The minimum absolute atomic E-state index is 0.0478. The Kier molecular flexibility index (Phi) is 4.83. The molecule has 2 aliphatic rings. The maximum Gasteiger partial charge on any atom is 0.309 e. The van der Waals surface area contributed by atoms with Gasteiger partial charge in [-0.2, -0.15) is 0 Å². The van der Waals surface area contributed by atoms with Gasteiger partial charge < -0.3 is 14.2 Å². The molecule has 1 unspecified atom stereocenters. The van der Waals surface area contributed by atoms with Crippen molar-refractivity contribution in [3.8, 4) is 11.5 Å². The van der Waals surface area contributed by atoms with Crippen molar-refractivity contribution in [1.29, 1.82) is 0 Å². The largest absolute Gasteiger partial charge is 0.486 e. The second-order valence-electron chi connectivity index (χ2n) is 5.82. The highest BCUT2D eigenvalue weighted by atomic mass is 16.6. The van der Waals surface area contributed by atoms with E-state index in [0.717, 1.165) is 44.0 Å². The van der Waals surface area contributed by atoms with Gasteiger partial charge in [0, 0.05) is 6.54 Å². The van der Waals surface area contributed by atoms with Crippen molar-refractivity contribution in [3.05, 3.63) is 24.3 Å². The van der Waals surface area contributed by atoms with Gasteiger partial charge in [-0.25, -0.2) is 0 Å². The van der Waals surface area contributed by atoms with E-state index in [4.69, 9.17) is 14.2 Å². The maximum atomic E-state index is 11.7. The van der Waals surface area contributed by atoms with E-state index >= 15 is 0 Å². The number of fused-ring (bicyclic) bond motifs is 1. The molecule has 1 aromatic rings. The van der Waals surface area contributed by atoms with Gasteiger partial charge in [0.2, 0.25) is 0 Å². The number of carbonyl (C=O) groups is 1. The number of piperidine rings is 1. The SMILES string of the molecule is CCOC(=O)C1CCN(CC2COc3ccccc3O2)CC1. The Labute approximate surface area is 131 Å². The summed E-state index contributed by atoms with van der Waals surface area (Å²) < 4.78 is 16.8. The lowest BCUT2D eigenvalue weighted by Crippen LogP contribution is -2.45. The zero-order valence-electron chi connectivity index (χ0n) is 13.0. The van der Waals surface area contributed by atoms with E-state index in [9.17, 15) is 4.79 Å². The quantitative estimate of drug-likeness (QED) is 0.797. The first kappa shape index (κ1) is 15.2. The summed E-state index contributed by atoms with van der Waals surface area (Å²) in [6, 6.07) is 7.77. The van der Waals surface area contributed by atoms with Crippen molar-refractivity contribution in [2.45, 2.75) is 25.9 Å². The van der Waals surface area contributed by atoms with Crippen molar-refractivity contribution >= 4 is 5.97 Å². The summed E-state index contributed by atoms with van der Waals surface area (Å²) in [5, 5.41) is 0. The Morgan fingerprint density at radius 1 is 1.27 bits per heavy atom. The molecule has 0 saturated carbocycles. The molecule has 2 heterocycles. The number of hydrogen-bond donors (Lipinski definition) is 0. The molecule has 0 bridgehead atoms. The smallest absolute Gasteiger partial charge is 0.309 e. The average molecular weight is 305 g/mol. The van der Waals surface area contributed by atoms with E-state index in [2.05, 4.69) is 4.90 Å². The molecule has 22 heavy (non-hydrogen) atoms. The summed E-state index contributed by atoms with van der Waals surface area (Å²) in [6.07, 6.45) is 1.78. The highest BCUT2D eigenvalue weighted by Gasteiger charge is 2.29. The van der Waals surface area contributed by atoms with Crippen LogP contribution in [0.1, 0.15) is 19.8 Å². The number of likely N-dealkylation sites (tertiary alicyclic amines) is 1. The molecule has 0 spiro atoms. The Balaban J connectivity index is 1.47. The fourth-order valence-corrected chi connectivity index (χ4v) is 3.05.